The quantitative estimate of drug-likeness (QED) is 0.892. The molecule has 0 aromatic carbocycles. The molecule has 0 aliphatic heterocycles. The molecule has 0 fully saturated rings. The molecule has 2 N–H and O–H groups in total. The molecule has 0 saturated carbocycles. The minimum absolute atomic E-state index is 0.0173. The summed E-state index contributed by atoms with van der Waals surface area (Å²) in [6.45, 7) is 4.27. The first kappa shape index (κ1) is 14.1. The lowest BCUT2D eigenvalue weighted by Gasteiger charge is -2.21. The fourth-order valence-electron chi connectivity index (χ4n) is 2.14. The highest BCUT2D eigenvalue weighted by Gasteiger charge is 2.20. The average Bonchev–Trinajstić information content (AvgIpc) is 2.94. The SMILES string of the molecule is Cc1nn(C)cc1CN(C)C(=O)C(C)n1ccc(N)n1. The van der Waals surface area contributed by atoms with Gasteiger partial charge in [0.25, 0.3) is 0 Å². The number of nitrogens with two attached hydrogens (primary N) is 1. The number of nitrogens with zero attached hydrogens (tertiary/aromatic N) is 5. The number of carbonyl (C=O) groups excluding carboxylic acids is 1. The van der Waals surface area contributed by atoms with Gasteiger partial charge in [-0.1, -0.05) is 0 Å². The van der Waals surface area contributed by atoms with Crippen molar-refractivity contribution in [1.82, 2.24) is 24.5 Å². The standard InChI is InChI=1S/C13H20N6O/c1-9-11(8-18(4)15-9)7-17(3)13(20)10(2)19-6-5-12(14)16-19/h5-6,8,10H,7H2,1-4H3,(H2,14,16). The van der Waals surface area contributed by atoms with Crippen LogP contribution in [0.2, 0.25) is 0 Å². The molecule has 0 aliphatic rings. The molecular weight excluding hydrogens is 256 g/mol. The third kappa shape index (κ3) is 2.81. The van der Waals surface area contributed by atoms with E-state index in [1.165, 1.54) is 0 Å². The van der Waals surface area contributed by atoms with Gasteiger partial charge >= 0.3 is 0 Å². The molecule has 0 aliphatic carbocycles. The molecule has 0 bridgehead atoms. The van der Waals surface area contributed by atoms with Crippen molar-refractivity contribution in [2.45, 2.75) is 26.4 Å². The number of aryl methyl sites for hydroxylation is 2. The Morgan fingerprint density at radius 1 is 1.50 bits per heavy atom. The van der Waals surface area contributed by atoms with Crippen molar-refractivity contribution in [1.29, 1.82) is 0 Å². The number of anilines is 1. The second-order valence-electron chi connectivity index (χ2n) is 5.00. The van der Waals surface area contributed by atoms with Gasteiger partial charge in [0, 0.05) is 38.6 Å². The van der Waals surface area contributed by atoms with Crippen LogP contribution in [0.25, 0.3) is 0 Å². The van der Waals surface area contributed by atoms with Crippen LogP contribution >= 0.6 is 0 Å². The van der Waals surface area contributed by atoms with Gasteiger partial charge in [0.05, 0.1) is 5.69 Å². The second kappa shape index (κ2) is 5.36. The maximum absolute atomic E-state index is 12.4. The Hall–Kier alpha value is -2.31. The van der Waals surface area contributed by atoms with Crippen LogP contribution in [0.3, 0.4) is 0 Å². The summed E-state index contributed by atoms with van der Waals surface area (Å²) in [6, 6.07) is 1.30. The number of hydrogen-bond acceptors (Lipinski definition) is 4. The van der Waals surface area contributed by atoms with E-state index >= 15 is 0 Å². The molecule has 1 amide bonds. The van der Waals surface area contributed by atoms with Crippen molar-refractivity contribution in [2.75, 3.05) is 12.8 Å². The maximum Gasteiger partial charge on any atom is 0.247 e. The Bertz CT molecular complexity index is 614. The van der Waals surface area contributed by atoms with E-state index in [4.69, 9.17) is 5.73 Å². The first-order chi connectivity index (χ1) is 9.38. The molecule has 0 radical (unpaired) electrons. The van der Waals surface area contributed by atoms with Crippen LogP contribution < -0.4 is 5.73 Å². The van der Waals surface area contributed by atoms with Gasteiger partial charge in [-0.25, -0.2) is 0 Å². The third-order valence-corrected chi connectivity index (χ3v) is 3.28. The normalized spacial score (nSPS) is 12.4. The predicted octanol–water partition coefficient (Wildman–Crippen LogP) is 0.727. The van der Waals surface area contributed by atoms with Crippen LogP contribution in [-0.4, -0.2) is 37.4 Å². The first-order valence-corrected chi connectivity index (χ1v) is 6.43. The first-order valence-electron chi connectivity index (χ1n) is 6.43. The summed E-state index contributed by atoms with van der Waals surface area (Å²) < 4.78 is 3.32. The van der Waals surface area contributed by atoms with Gasteiger partial charge < -0.3 is 10.6 Å². The van der Waals surface area contributed by atoms with Crippen molar-refractivity contribution in [3.63, 3.8) is 0 Å². The molecular formula is C13H20N6O. The van der Waals surface area contributed by atoms with Crippen LogP contribution in [0, 0.1) is 6.92 Å². The van der Waals surface area contributed by atoms with Crippen LogP contribution in [-0.2, 0) is 18.4 Å². The van der Waals surface area contributed by atoms with Crippen LogP contribution in [0.4, 0.5) is 5.82 Å². The number of aromatic nitrogens is 4. The highest BCUT2D eigenvalue weighted by Crippen LogP contribution is 2.13. The zero-order valence-corrected chi connectivity index (χ0v) is 12.2. The number of nitrogen functional groups attached to an aromatic ring is 1. The zero-order valence-electron chi connectivity index (χ0n) is 12.2. The molecule has 2 aromatic rings. The monoisotopic (exact) mass is 276 g/mol. The molecule has 2 rings (SSSR count). The molecule has 7 nitrogen and oxygen atoms in total. The Balaban J connectivity index is 2.07. The summed E-state index contributed by atoms with van der Waals surface area (Å²) in [5, 5.41) is 8.35. The maximum atomic E-state index is 12.4. The average molecular weight is 276 g/mol. The van der Waals surface area contributed by atoms with Gasteiger partial charge in [-0.15, -0.1) is 0 Å². The largest absolute Gasteiger partial charge is 0.382 e. The minimum Gasteiger partial charge on any atom is -0.382 e. The Morgan fingerprint density at radius 2 is 2.20 bits per heavy atom. The van der Waals surface area contributed by atoms with E-state index in [2.05, 4.69) is 10.2 Å². The predicted molar refractivity (Wildman–Crippen MR) is 75.8 cm³/mol. The summed E-state index contributed by atoms with van der Waals surface area (Å²) in [7, 11) is 3.64. The molecule has 1 unspecified atom stereocenters. The van der Waals surface area contributed by atoms with Crippen molar-refractivity contribution < 1.29 is 4.79 Å². The van der Waals surface area contributed by atoms with E-state index in [9.17, 15) is 4.79 Å². The molecule has 20 heavy (non-hydrogen) atoms. The van der Waals surface area contributed by atoms with Gasteiger partial charge in [-0.05, 0) is 19.9 Å². The van der Waals surface area contributed by atoms with Gasteiger partial charge in [-0.3, -0.25) is 14.2 Å². The number of likely N-dealkylation sites (N-methyl/N-ethyl adjacent to an activating group) is 1. The number of hydrogen-bond donors (Lipinski definition) is 1. The summed E-state index contributed by atoms with van der Waals surface area (Å²) in [5.41, 5.74) is 7.54. The van der Waals surface area contributed by atoms with Crippen molar-refractivity contribution >= 4 is 11.7 Å². The lowest BCUT2D eigenvalue weighted by Crippen LogP contribution is -2.33. The summed E-state index contributed by atoms with van der Waals surface area (Å²) in [6.07, 6.45) is 3.64. The third-order valence-electron chi connectivity index (χ3n) is 3.28. The molecule has 0 spiro atoms. The zero-order chi connectivity index (χ0) is 14.9. The summed E-state index contributed by atoms with van der Waals surface area (Å²) >= 11 is 0. The van der Waals surface area contributed by atoms with E-state index in [-0.39, 0.29) is 11.9 Å². The van der Waals surface area contributed by atoms with E-state index in [1.807, 2.05) is 20.2 Å². The molecule has 2 heterocycles. The highest BCUT2D eigenvalue weighted by atomic mass is 16.2. The van der Waals surface area contributed by atoms with Gasteiger partial charge in [0.1, 0.15) is 11.9 Å². The number of carbonyl (C=O) groups is 1. The van der Waals surface area contributed by atoms with Crippen molar-refractivity contribution in [2.24, 2.45) is 7.05 Å². The van der Waals surface area contributed by atoms with E-state index in [1.54, 1.807) is 40.5 Å². The Labute approximate surface area is 118 Å². The fourth-order valence-corrected chi connectivity index (χ4v) is 2.14. The van der Waals surface area contributed by atoms with E-state index in [0.717, 1.165) is 11.3 Å². The molecule has 2 aromatic heterocycles. The van der Waals surface area contributed by atoms with E-state index < -0.39 is 0 Å². The second-order valence-corrected chi connectivity index (χ2v) is 5.00. The van der Waals surface area contributed by atoms with Crippen molar-refractivity contribution in [3.05, 3.63) is 29.7 Å². The lowest BCUT2D eigenvalue weighted by molar-refractivity contribution is -0.133. The van der Waals surface area contributed by atoms with Gasteiger partial charge in [-0.2, -0.15) is 10.2 Å². The molecule has 1 atom stereocenters. The number of amides is 1. The van der Waals surface area contributed by atoms with Gasteiger partial charge in [0.15, 0.2) is 0 Å². The Morgan fingerprint density at radius 3 is 2.70 bits per heavy atom. The lowest BCUT2D eigenvalue weighted by atomic mass is 10.2. The summed E-state index contributed by atoms with van der Waals surface area (Å²) in [5.74, 6) is 0.395. The number of rotatable bonds is 4. The van der Waals surface area contributed by atoms with Crippen LogP contribution in [0.5, 0.6) is 0 Å². The van der Waals surface area contributed by atoms with Crippen molar-refractivity contribution in [3.8, 4) is 0 Å². The van der Waals surface area contributed by atoms with Crippen LogP contribution in [0.1, 0.15) is 24.2 Å². The highest BCUT2D eigenvalue weighted by molar-refractivity contribution is 5.79. The van der Waals surface area contributed by atoms with Crippen LogP contribution in [0.15, 0.2) is 18.5 Å². The summed E-state index contributed by atoms with van der Waals surface area (Å²) in [4.78, 5) is 14.0. The smallest absolute Gasteiger partial charge is 0.247 e. The molecule has 0 saturated heterocycles. The minimum atomic E-state index is -0.380. The Kier molecular flexibility index (Phi) is 3.78. The van der Waals surface area contributed by atoms with E-state index in [0.29, 0.717) is 12.4 Å². The topological polar surface area (TPSA) is 82.0 Å². The fraction of sp³-hybridized carbons (Fsp3) is 0.462. The van der Waals surface area contributed by atoms with Gasteiger partial charge in [0.2, 0.25) is 5.91 Å². The molecule has 108 valence electrons. The molecule has 7 heteroatoms.